The van der Waals surface area contributed by atoms with E-state index in [1.165, 1.54) is 18.5 Å². The second-order valence-electron chi connectivity index (χ2n) is 4.83. The van der Waals surface area contributed by atoms with Gasteiger partial charge in [-0.3, -0.25) is 4.57 Å². The first kappa shape index (κ1) is 12.3. The molecule has 0 fully saturated rings. The lowest BCUT2D eigenvalue weighted by Gasteiger charge is -2.15. The minimum atomic E-state index is -0.591. The molecular formula is C14H15F2N3. The molecule has 0 atom stereocenters. The van der Waals surface area contributed by atoms with Crippen LogP contribution in [-0.4, -0.2) is 9.55 Å². The summed E-state index contributed by atoms with van der Waals surface area (Å²) in [5.74, 6) is -1.18. The predicted octanol–water partition coefficient (Wildman–Crippen LogP) is 2.49. The van der Waals surface area contributed by atoms with Crippen LogP contribution in [0.5, 0.6) is 0 Å². The predicted molar refractivity (Wildman–Crippen MR) is 68.0 cm³/mol. The van der Waals surface area contributed by atoms with Crippen LogP contribution in [0.15, 0.2) is 18.5 Å². The van der Waals surface area contributed by atoms with E-state index in [4.69, 9.17) is 5.73 Å². The third kappa shape index (κ3) is 2.04. The first-order chi connectivity index (χ1) is 9.20. The average molecular weight is 263 g/mol. The SMILES string of the molecule is NCc1cc(F)c(-n2cnc3c2CCCC3)c(F)c1. The Hall–Kier alpha value is -1.75. The van der Waals surface area contributed by atoms with Crippen LogP contribution in [0.1, 0.15) is 29.8 Å². The van der Waals surface area contributed by atoms with Crippen LogP contribution in [0.3, 0.4) is 0 Å². The van der Waals surface area contributed by atoms with E-state index in [9.17, 15) is 8.78 Å². The van der Waals surface area contributed by atoms with Crippen LogP contribution in [0.4, 0.5) is 8.78 Å². The average Bonchev–Trinajstić information content (AvgIpc) is 2.82. The molecule has 1 heterocycles. The third-order valence-corrected chi connectivity index (χ3v) is 3.58. The lowest BCUT2D eigenvalue weighted by atomic mass is 10.0. The summed E-state index contributed by atoms with van der Waals surface area (Å²) in [6.45, 7) is 0.121. The van der Waals surface area contributed by atoms with Crippen molar-refractivity contribution in [2.45, 2.75) is 32.2 Å². The largest absolute Gasteiger partial charge is 0.326 e. The van der Waals surface area contributed by atoms with E-state index in [2.05, 4.69) is 4.98 Å². The summed E-state index contributed by atoms with van der Waals surface area (Å²) in [6, 6.07) is 2.57. The lowest BCUT2D eigenvalue weighted by molar-refractivity contribution is 0.559. The highest BCUT2D eigenvalue weighted by Gasteiger charge is 2.20. The van der Waals surface area contributed by atoms with Crippen molar-refractivity contribution in [3.63, 3.8) is 0 Å². The second-order valence-corrected chi connectivity index (χ2v) is 4.83. The van der Waals surface area contributed by atoms with E-state index >= 15 is 0 Å². The molecule has 5 heteroatoms. The first-order valence-electron chi connectivity index (χ1n) is 6.44. The highest BCUT2D eigenvalue weighted by atomic mass is 19.1. The lowest BCUT2D eigenvalue weighted by Crippen LogP contribution is -2.10. The molecule has 1 aromatic carbocycles. The van der Waals surface area contributed by atoms with Gasteiger partial charge in [-0.1, -0.05) is 0 Å². The number of aromatic nitrogens is 2. The van der Waals surface area contributed by atoms with E-state index < -0.39 is 11.6 Å². The summed E-state index contributed by atoms with van der Waals surface area (Å²) in [5.41, 5.74) is 7.69. The number of aryl methyl sites for hydroxylation is 1. The zero-order valence-electron chi connectivity index (χ0n) is 10.5. The molecule has 1 aliphatic rings. The van der Waals surface area contributed by atoms with Crippen molar-refractivity contribution in [2.24, 2.45) is 5.73 Å². The third-order valence-electron chi connectivity index (χ3n) is 3.58. The summed E-state index contributed by atoms with van der Waals surface area (Å²) >= 11 is 0. The molecule has 0 aliphatic heterocycles. The number of benzene rings is 1. The Kier molecular flexibility index (Phi) is 3.06. The summed E-state index contributed by atoms with van der Waals surface area (Å²) < 4.78 is 29.7. The van der Waals surface area contributed by atoms with E-state index in [1.54, 1.807) is 4.57 Å². The monoisotopic (exact) mass is 263 g/mol. The molecule has 0 unspecified atom stereocenters. The normalized spacial score (nSPS) is 14.5. The second kappa shape index (κ2) is 4.74. The molecule has 0 bridgehead atoms. The number of nitrogens with two attached hydrogens (primary N) is 1. The van der Waals surface area contributed by atoms with Crippen molar-refractivity contribution in [2.75, 3.05) is 0 Å². The van der Waals surface area contributed by atoms with Crippen LogP contribution in [0.2, 0.25) is 0 Å². The molecule has 1 aliphatic carbocycles. The summed E-state index contributed by atoms with van der Waals surface area (Å²) in [4.78, 5) is 4.26. The van der Waals surface area contributed by atoms with Gasteiger partial charge in [0.25, 0.3) is 0 Å². The Morgan fingerprint density at radius 1 is 1.16 bits per heavy atom. The summed E-state index contributed by atoms with van der Waals surface area (Å²) in [7, 11) is 0. The summed E-state index contributed by atoms with van der Waals surface area (Å²) in [5, 5.41) is 0. The molecule has 2 N–H and O–H groups in total. The van der Waals surface area contributed by atoms with E-state index in [1.807, 2.05) is 0 Å². The molecule has 1 aromatic heterocycles. The van der Waals surface area contributed by atoms with Gasteiger partial charge in [0.15, 0.2) is 11.6 Å². The van der Waals surface area contributed by atoms with Gasteiger partial charge in [-0.25, -0.2) is 13.8 Å². The number of nitrogens with zero attached hydrogens (tertiary/aromatic N) is 2. The number of halogens is 2. The smallest absolute Gasteiger partial charge is 0.150 e. The molecule has 0 saturated carbocycles. The van der Waals surface area contributed by atoms with Crippen LogP contribution < -0.4 is 5.73 Å². The number of rotatable bonds is 2. The molecular weight excluding hydrogens is 248 g/mol. The molecule has 0 amide bonds. The van der Waals surface area contributed by atoms with Gasteiger partial charge in [0, 0.05) is 12.2 Å². The standard InChI is InChI=1S/C14H15F2N3/c15-10-5-9(7-17)6-11(16)14(10)19-8-18-12-3-1-2-4-13(12)19/h5-6,8H,1-4,7,17H2. The Balaban J connectivity index is 2.14. The van der Waals surface area contributed by atoms with Gasteiger partial charge in [-0.15, -0.1) is 0 Å². The quantitative estimate of drug-likeness (QED) is 0.904. The van der Waals surface area contributed by atoms with Crippen molar-refractivity contribution in [1.82, 2.24) is 9.55 Å². The Bertz CT molecular complexity index is 596. The zero-order valence-corrected chi connectivity index (χ0v) is 10.5. The Morgan fingerprint density at radius 2 is 1.84 bits per heavy atom. The van der Waals surface area contributed by atoms with Crippen molar-refractivity contribution in [3.05, 3.63) is 47.0 Å². The molecule has 100 valence electrons. The molecule has 0 spiro atoms. The van der Waals surface area contributed by atoms with Crippen LogP contribution in [-0.2, 0) is 19.4 Å². The van der Waals surface area contributed by atoms with Gasteiger partial charge < -0.3 is 5.73 Å². The van der Waals surface area contributed by atoms with Crippen LogP contribution >= 0.6 is 0 Å². The Morgan fingerprint density at radius 3 is 2.53 bits per heavy atom. The van der Waals surface area contributed by atoms with Crippen LogP contribution in [0, 0.1) is 11.6 Å². The fourth-order valence-corrected chi connectivity index (χ4v) is 2.63. The zero-order chi connectivity index (χ0) is 13.4. The number of hydrogen-bond donors (Lipinski definition) is 1. The van der Waals surface area contributed by atoms with Gasteiger partial charge in [-0.2, -0.15) is 0 Å². The van der Waals surface area contributed by atoms with Gasteiger partial charge in [0.1, 0.15) is 5.69 Å². The number of imidazole rings is 1. The van der Waals surface area contributed by atoms with E-state index in [0.717, 1.165) is 37.1 Å². The topological polar surface area (TPSA) is 43.8 Å². The molecule has 2 aromatic rings. The number of fused-ring (bicyclic) bond motifs is 1. The minimum Gasteiger partial charge on any atom is -0.326 e. The fourth-order valence-electron chi connectivity index (χ4n) is 2.63. The molecule has 3 rings (SSSR count). The first-order valence-corrected chi connectivity index (χ1v) is 6.44. The molecule has 0 radical (unpaired) electrons. The van der Waals surface area contributed by atoms with Gasteiger partial charge in [-0.05, 0) is 43.4 Å². The van der Waals surface area contributed by atoms with Crippen molar-refractivity contribution in [3.8, 4) is 5.69 Å². The van der Waals surface area contributed by atoms with E-state index in [0.29, 0.717) is 5.56 Å². The highest BCUT2D eigenvalue weighted by molar-refractivity contribution is 5.41. The maximum atomic E-state index is 14.1. The van der Waals surface area contributed by atoms with Crippen LogP contribution in [0.25, 0.3) is 5.69 Å². The van der Waals surface area contributed by atoms with Gasteiger partial charge >= 0.3 is 0 Å². The van der Waals surface area contributed by atoms with Crippen molar-refractivity contribution >= 4 is 0 Å². The molecule has 3 nitrogen and oxygen atoms in total. The van der Waals surface area contributed by atoms with Crippen molar-refractivity contribution in [1.29, 1.82) is 0 Å². The minimum absolute atomic E-state index is 0.0483. The van der Waals surface area contributed by atoms with Crippen molar-refractivity contribution < 1.29 is 8.78 Å². The maximum Gasteiger partial charge on any atom is 0.150 e. The number of hydrogen-bond acceptors (Lipinski definition) is 2. The van der Waals surface area contributed by atoms with E-state index in [-0.39, 0.29) is 12.2 Å². The fraction of sp³-hybridized carbons (Fsp3) is 0.357. The Labute approximate surface area is 110 Å². The van der Waals surface area contributed by atoms with Gasteiger partial charge in [0.2, 0.25) is 0 Å². The maximum absolute atomic E-state index is 14.1. The summed E-state index contributed by atoms with van der Waals surface area (Å²) in [6.07, 6.45) is 5.32. The highest BCUT2D eigenvalue weighted by Crippen LogP contribution is 2.26. The van der Waals surface area contributed by atoms with Gasteiger partial charge in [0.05, 0.1) is 12.0 Å². The molecule has 19 heavy (non-hydrogen) atoms. The molecule has 0 saturated heterocycles.